The smallest absolute Gasteiger partial charge is 0.181 e. The zero-order chi connectivity index (χ0) is 13.2. The molecule has 1 aromatic carbocycles. The van der Waals surface area contributed by atoms with Crippen molar-refractivity contribution in [1.82, 2.24) is 15.2 Å². The van der Waals surface area contributed by atoms with E-state index in [1.54, 1.807) is 7.11 Å². The number of aromatic nitrogens is 3. The van der Waals surface area contributed by atoms with Crippen LogP contribution in [-0.2, 0) is 0 Å². The first-order valence-electron chi connectivity index (χ1n) is 6.85. The van der Waals surface area contributed by atoms with Crippen molar-refractivity contribution in [3.8, 4) is 17.1 Å². The summed E-state index contributed by atoms with van der Waals surface area (Å²) in [6.07, 6.45) is 5.07. The maximum absolute atomic E-state index is 5.35. The molecule has 0 unspecified atom stereocenters. The van der Waals surface area contributed by atoms with Crippen molar-refractivity contribution in [3.63, 3.8) is 0 Å². The van der Waals surface area contributed by atoms with Crippen molar-refractivity contribution in [2.45, 2.75) is 38.5 Å². The molecular formula is C15H19N3O. The van der Waals surface area contributed by atoms with Crippen LogP contribution in [0.2, 0.25) is 0 Å². The van der Waals surface area contributed by atoms with E-state index >= 15 is 0 Å². The van der Waals surface area contributed by atoms with Gasteiger partial charge in [-0.05, 0) is 31.4 Å². The summed E-state index contributed by atoms with van der Waals surface area (Å²) in [5.74, 6) is 3.24. The van der Waals surface area contributed by atoms with E-state index in [2.05, 4.69) is 15.2 Å². The van der Waals surface area contributed by atoms with Gasteiger partial charge in [0.1, 0.15) is 11.6 Å². The molecule has 1 saturated carbocycles. The summed E-state index contributed by atoms with van der Waals surface area (Å²) < 4.78 is 5.35. The molecule has 0 saturated heterocycles. The number of H-pyrrole nitrogens is 1. The van der Waals surface area contributed by atoms with E-state index in [-0.39, 0.29) is 0 Å². The highest BCUT2D eigenvalue weighted by molar-refractivity contribution is 5.59. The van der Waals surface area contributed by atoms with Crippen molar-refractivity contribution in [3.05, 3.63) is 29.6 Å². The maximum Gasteiger partial charge on any atom is 0.181 e. The van der Waals surface area contributed by atoms with E-state index in [1.165, 1.54) is 25.7 Å². The Bertz CT molecular complexity index is 571. The predicted molar refractivity (Wildman–Crippen MR) is 74.3 cm³/mol. The number of aryl methyl sites for hydroxylation is 1. The van der Waals surface area contributed by atoms with Gasteiger partial charge in [-0.2, -0.15) is 5.10 Å². The van der Waals surface area contributed by atoms with Crippen LogP contribution >= 0.6 is 0 Å². The molecule has 0 amide bonds. The molecule has 2 aromatic rings. The Labute approximate surface area is 113 Å². The lowest BCUT2D eigenvalue weighted by Crippen LogP contribution is -1.94. The Morgan fingerprint density at radius 1 is 1.26 bits per heavy atom. The van der Waals surface area contributed by atoms with Crippen LogP contribution in [0, 0.1) is 6.92 Å². The summed E-state index contributed by atoms with van der Waals surface area (Å²) in [6, 6.07) is 6.08. The first-order chi connectivity index (χ1) is 9.28. The lowest BCUT2D eigenvalue weighted by Gasteiger charge is -2.05. The minimum absolute atomic E-state index is 0.564. The molecule has 0 atom stereocenters. The molecule has 1 N–H and O–H groups in total. The molecule has 0 aliphatic heterocycles. The zero-order valence-electron chi connectivity index (χ0n) is 11.4. The normalized spacial score (nSPS) is 15.9. The first-order valence-corrected chi connectivity index (χ1v) is 6.85. The molecule has 0 radical (unpaired) electrons. The molecule has 4 nitrogen and oxygen atoms in total. The maximum atomic E-state index is 5.35. The molecule has 1 aliphatic carbocycles. The number of hydrogen-bond acceptors (Lipinski definition) is 3. The number of rotatable bonds is 3. The molecule has 0 bridgehead atoms. The first kappa shape index (κ1) is 12.2. The van der Waals surface area contributed by atoms with Crippen LogP contribution in [0.5, 0.6) is 5.75 Å². The van der Waals surface area contributed by atoms with Crippen LogP contribution < -0.4 is 4.74 Å². The molecule has 1 fully saturated rings. The van der Waals surface area contributed by atoms with Gasteiger partial charge in [0, 0.05) is 11.5 Å². The standard InChI is InChI=1S/C15H19N3O/c1-10-7-8-12(9-13(10)19-2)15-16-14(17-18-15)11-5-3-4-6-11/h7-9,11H,3-6H2,1-2H3,(H,16,17,18). The minimum atomic E-state index is 0.564. The van der Waals surface area contributed by atoms with Crippen molar-refractivity contribution in [2.75, 3.05) is 7.11 Å². The Kier molecular flexibility index (Phi) is 3.23. The Hall–Kier alpha value is -1.84. The molecule has 1 aliphatic rings. The van der Waals surface area contributed by atoms with Crippen molar-refractivity contribution < 1.29 is 4.74 Å². The van der Waals surface area contributed by atoms with E-state index in [9.17, 15) is 0 Å². The summed E-state index contributed by atoms with van der Waals surface area (Å²) in [4.78, 5) is 4.65. The number of nitrogens with zero attached hydrogens (tertiary/aromatic N) is 2. The summed E-state index contributed by atoms with van der Waals surface area (Å²) in [6.45, 7) is 2.03. The molecule has 19 heavy (non-hydrogen) atoms. The molecule has 3 rings (SSSR count). The highest BCUT2D eigenvalue weighted by Gasteiger charge is 2.21. The van der Waals surface area contributed by atoms with Crippen molar-refractivity contribution in [2.24, 2.45) is 0 Å². The van der Waals surface area contributed by atoms with Gasteiger partial charge in [0.25, 0.3) is 0 Å². The molecule has 4 heteroatoms. The quantitative estimate of drug-likeness (QED) is 0.916. The number of ether oxygens (including phenoxy) is 1. The second-order valence-corrected chi connectivity index (χ2v) is 5.21. The van der Waals surface area contributed by atoms with Crippen LogP contribution in [0.25, 0.3) is 11.4 Å². The van der Waals surface area contributed by atoms with Gasteiger partial charge >= 0.3 is 0 Å². The monoisotopic (exact) mass is 257 g/mol. The van der Waals surface area contributed by atoms with Gasteiger partial charge in [-0.1, -0.05) is 25.0 Å². The largest absolute Gasteiger partial charge is 0.496 e. The third-order valence-electron chi connectivity index (χ3n) is 3.91. The second kappa shape index (κ2) is 5.03. The number of hydrogen-bond donors (Lipinski definition) is 1. The topological polar surface area (TPSA) is 50.8 Å². The summed E-state index contributed by atoms with van der Waals surface area (Å²) >= 11 is 0. The van der Waals surface area contributed by atoms with Crippen molar-refractivity contribution in [1.29, 1.82) is 0 Å². The van der Waals surface area contributed by atoms with Crippen LogP contribution in [0.15, 0.2) is 18.2 Å². The fourth-order valence-electron chi connectivity index (χ4n) is 2.74. The lowest BCUT2D eigenvalue weighted by atomic mass is 10.1. The van der Waals surface area contributed by atoms with Gasteiger partial charge in [0.2, 0.25) is 0 Å². The van der Waals surface area contributed by atoms with E-state index in [1.807, 2.05) is 25.1 Å². The molecule has 100 valence electrons. The van der Waals surface area contributed by atoms with Crippen LogP contribution in [0.4, 0.5) is 0 Å². The summed E-state index contributed by atoms with van der Waals surface area (Å²) in [5.41, 5.74) is 2.13. The van der Waals surface area contributed by atoms with Gasteiger partial charge in [-0.3, -0.25) is 5.10 Å². The minimum Gasteiger partial charge on any atom is -0.496 e. The predicted octanol–water partition coefficient (Wildman–Crippen LogP) is 3.45. The SMILES string of the molecule is COc1cc(-c2n[nH]c(C3CCCC3)n2)ccc1C. The number of nitrogens with one attached hydrogen (secondary N) is 1. The van der Waals surface area contributed by atoms with Crippen LogP contribution in [0.3, 0.4) is 0 Å². The Morgan fingerprint density at radius 2 is 2.05 bits per heavy atom. The molecular weight excluding hydrogens is 238 g/mol. The second-order valence-electron chi connectivity index (χ2n) is 5.21. The van der Waals surface area contributed by atoms with Crippen molar-refractivity contribution >= 4 is 0 Å². The summed E-state index contributed by atoms with van der Waals surface area (Å²) in [7, 11) is 1.69. The summed E-state index contributed by atoms with van der Waals surface area (Å²) in [5, 5.41) is 7.44. The molecule has 1 aromatic heterocycles. The number of methoxy groups -OCH3 is 1. The van der Waals surface area contributed by atoms with Crippen LogP contribution in [-0.4, -0.2) is 22.3 Å². The van der Waals surface area contributed by atoms with Gasteiger partial charge in [-0.25, -0.2) is 4.98 Å². The van der Waals surface area contributed by atoms with Gasteiger partial charge < -0.3 is 4.74 Å². The highest BCUT2D eigenvalue weighted by Crippen LogP contribution is 2.33. The number of benzene rings is 1. The lowest BCUT2D eigenvalue weighted by molar-refractivity contribution is 0.412. The molecule has 0 spiro atoms. The number of aromatic amines is 1. The Morgan fingerprint density at radius 3 is 2.79 bits per heavy atom. The Balaban J connectivity index is 1.89. The molecule has 1 heterocycles. The fourth-order valence-corrected chi connectivity index (χ4v) is 2.74. The fraction of sp³-hybridized carbons (Fsp3) is 0.467. The van der Waals surface area contributed by atoms with E-state index < -0.39 is 0 Å². The van der Waals surface area contributed by atoms with Crippen LogP contribution in [0.1, 0.15) is 43.0 Å². The van der Waals surface area contributed by atoms with E-state index in [0.717, 1.165) is 28.5 Å². The van der Waals surface area contributed by atoms with E-state index in [0.29, 0.717) is 5.92 Å². The third kappa shape index (κ3) is 2.35. The average Bonchev–Trinajstić information content (AvgIpc) is 3.10. The average molecular weight is 257 g/mol. The highest BCUT2D eigenvalue weighted by atomic mass is 16.5. The van der Waals surface area contributed by atoms with Gasteiger partial charge in [-0.15, -0.1) is 0 Å². The van der Waals surface area contributed by atoms with Gasteiger partial charge in [0.15, 0.2) is 5.82 Å². The van der Waals surface area contributed by atoms with E-state index in [4.69, 9.17) is 4.74 Å². The third-order valence-corrected chi connectivity index (χ3v) is 3.91. The zero-order valence-corrected chi connectivity index (χ0v) is 11.4. The van der Waals surface area contributed by atoms with Gasteiger partial charge in [0.05, 0.1) is 7.11 Å².